The number of para-hydroxylation sites is 1. The van der Waals surface area contributed by atoms with E-state index in [0.717, 1.165) is 15.9 Å². The van der Waals surface area contributed by atoms with E-state index >= 15 is 0 Å². The lowest BCUT2D eigenvalue weighted by Crippen LogP contribution is -2.03. The second kappa shape index (κ2) is 8.69. The highest BCUT2D eigenvalue weighted by Crippen LogP contribution is 2.33. The molecule has 12 heteroatoms. The molecule has 0 unspecified atom stereocenters. The van der Waals surface area contributed by atoms with Gasteiger partial charge in [-0.2, -0.15) is 5.10 Å². The first-order chi connectivity index (χ1) is 16.4. The summed E-state index contributed by atoms with van der Waals surface area (Å²) in [7, 11) is 0. The number of carbonyl (C=O) groups excluding carboxylic acids is 1. The van der Waals surface area contributed by atoms with Gasteiger partial charge in [0.25, 0.3) is 11.6 Å². The Balaban J connectivity index is 1.32. The van der Waals surface area contributed by atoms with Crippen LogP contribution in [-0.2, 0) is 11.3 Å². The summed E-state index contributed by atoms with van der Waals surface area (Å²) in [5, 5.41) is 24.5. The van der Waals surface area contributed by atoms with E-state index in [9.17, 15) is 14.9 Å². The maximum Gasteiger partial charge on any atom is 0.348 e. The van der Waals surface area contributed by atoms with Crippen LogP contribution in [-0.4, -0.2) is 30.9 Å². The van der Waals surface area contributed by atoms with E-state index in [4.69, 9.17) is 20.8 Å². The van der Waals surface area contributed by atoms with Crippen molar-refractivity contribution in [3.63, 3.8) is 0 Å². The summed E-state index contributed by atoms with van der Waals surface area (Å²) in [6.45, 7) is 1.64. The van der Waals surface area contributed by atoms with Crippen molar-refractivity contribution >= 4 is 44.8 Å². The molecular formula is C22H14ClN5O5S. The number of nitrogens with zero attached hydrogens (tertiary/aromatic N) is 5. The zero-order chi connectivity index (χ0) is 23.8. The molecule has 0 N–H and O–H groups in total. The molecule has 0 aliphatic carbocycles. The van der Waals surface area contributed by atoms with E-state index < -0.39 is 10.9 Å². The number of non-ortho nitro benzene ring substituents is 1. The summed E-state index contributed by atoms with van der Waals surface area (Å²) in [5.74, 6) is -0.277. The van der Waals surface area contributed by atoms with Crippen LogP contribution < -0.4 is 0 Å². The summed E-state index contributed by atoms with van der Waals surface area (Å²) in [6.07, 6.45) is 0. The fourth-order valence-electron chi connectivity index (χ4n) is 3.29. The quantitative estimate of drug-likeness (QED) is 0.175. The molecule has 3 heterocycles. The van der Waals surface area contributed by atoms with Crippen LogP contribution in [0.25, 0.3) is 27.4 Å². The second-order valence-electron chi connectivity index (χ2n) is 7.16. The molecule has 5 rings (SSSR count). The molecule has 0 saturated carbocycles. The van der Waals surface area contributed by atoms with E-state index in [1.54, 1.807) is 16.8 Å². The average molecular weight is 496 g/mol. The fourth-order valence-corrected chi connectivity index (χ4v) is 4.57. The van der Waals surface area contributed by atoms with Crippen LogP contribution in [0.15, 0.2) is 59.0 Å². The minimum absolute atomic E-state index is 0.0475. The maximum absolute atomic E-state index is 12.7. The number of carbonyl (C=O) groups is 1. The summed E-state index contributed by atoms with van der Waals surface area (Å²) < 4.78 is 12.6. The van der Waals surface area contributed by atoms with Crippen molar-refractivity contribution in [2.75, 3.05) is 0 Å². The summed E-state index contributed by atoms with van der Waals surface area (Å²) in [6, 6.07) is 14.7. The van der Waals surface area contributed by atoms with E-state index in [2.05, 4.69) is 15.3 Å². The van der Waals surface area contributed by atoms with Gasteiger partial charge in [0.15, 0.2) is 6.61 Å². The zero-order valence-corrected chi connectivity index (χ0v) is 19.0. The third-order valence-electron chi connectivity index (χ3n) is 4.95. The Morgan fingerprint density at radius 1 is 1.21 bits per heavy atom. The predicted molar refractivity (Wildman–Crippen MR) is 124 cm³/mol. The van der Waals surface area contributed by atoms with Gasteiger partial charge in [-0.3, -0.25) is 10.1 Å². The van der Waals surface area contributed by atoms with E-state index in [0.29, 0.717) is 21.2 Å². The molecule has 5 aromatic rings. The topological polar surface area (TPSA) is 126 Å². The zero-order valence-electron chi connectivity index (χ0n) is 17.5. The third kappa shape index (κ3) is 4.02. The number of hydrogen-bond acceptors (Lipinski definition) is 9. The monoisotopic (exact) mass is 495 g/mol. The number of nitro groups is 1. The van der Waals surface area contributed by atoms with Gasteiger partial charge in [0.1, 0.15) is 9.71 Å². The highest BCUT2D eigenvalue weighted by Gasteiger charge is 2.20. The van der Waals surface area contributed by atoms with Gasteiger partial charge in [-0.25, -0.2) is 9.48 Å². The van der Waals surface area contributed by atoms with Gasteiger partial charge in [0.2, 0.25) is 5.89 Å². The van der Waals surface area contributed by atoms with Gasteiger partial charge >= 0.3 is 5.97 Å². The number of thiophene rings is 1. The van der Waals surface area contributed by atoms with Gasteiger partial charge in [-0.1, -0.05) is 23.7 Å². The van der Waals surface area contributed by atoms with Gasteiger partial charge in [-0.15, -0.1) is 21.5 Å². The predicted octanol–water partition coefficient (Wildman–Crippen LogP) is 5.36. The van der Waals surface area contributed by atoms with E-state index in [1.807, 2.05) is 25.1 Å². The first-order valence-electron chi connectivity index (χ1n) is 9.89. The fraction of sp³-hybridized carbons (Fsp3) is 0.0909. The molecule has 0 amide bonds. The van der Waals surface area contributed by atoms with E-state index in [-0.39, 0.29) is 24.1 Å². The van der Waals surface area contributed by atoms with Gasteiger partial charge < -0.3 is 9.15 Å². The molecule has 0 aliphatic rings. The van der Waals surface area contributed by atoms with Crippen molar-refractivity contribution in [1.82, 2.24) is 20.0 Å². The standard InChI is InChI=1S/C22H14ClN5O5S/c1-12-15-10-18(34-21(15)27(26-12)17-5-3-2-4-16(17)23)22(29)32-11-19-24-25-20(33-19)13-6-8-14(9-7-13)28(30)31/h2-10H,11H2,1H3. The molecule has 0 atom stereocenters. The molecule has 0 fully saturated rings. The van der Waals surface area contributed by atoms with Gasteiger partial charge in [0.05, 0.1) is 21.3 Å². The lowest BCUT2D eigenvalue weighted by Gasteiger charge is -2.04. The van der Waals surface area contributed by atoms with Gasteiger partial charge in [0, 0.05) is 23.1 Å². The Morgan fingerprint density at radius 2 is 1.97 bits per heavy atom. The van der Waals surface area contributed by atoms with Crippen LogP contribution in [0.3, 0.4) is 0 Å². The van der Waals surface area contributed by atoms with Crippen LogP contribution in [0.1, 0.15) is 21.3 Å². The highest BCUT2D eigenvalue weighted by molar-refractivity contribution is 7.20. The number of halogens is 1. The van der Waals surface area contributed by atoms with Crippen LogP contribution in [0.5, 0.6) is 0 Å². The van der Waals surface area contributed by atoms with Crippen molar-refractivity contribution in [1.29, 1.82) is 0 Å². The molecule has 170 valence electrons. The van der Waals surface area contributed by atoms with E-state index in [1.165, 1.54) is 35.6 Å². The molecular weight excluding hydrogens is 482 g/mol. The van der Waals surface area contributed by atoms with Crippen molar-refractivity contribution in [3.8, 4) is 17.1 Å². The minimum Gasteiger partial charge on any atom is -0.451 e. The van der Waals surface area contributed by atoms with Crippen molar-refractivity contribution in [2.45, 2.75) is 13.5 Å². The molecule has 0 aliphatic heterocycles. The van der Waals surface area contributed by atoms with Gasteiger partial charge in [-0.05, 0) is 37.3 Å². The molecule has 10 nitrogen and oxygen atoms in total. The molecule has 0 spiro atoms. The Morgan fingerprint density at radius 3 is 2.71 bits per heavy atom. The van der Waals surface area contributed by atoms with Crippen molar-refractivity contribution in [3.05, 3.63) is 86.2 Å². The number of esters is 1. The molecule has 3 aromatic heterocycles. The van der Waals surface area contributed by atoms with Crippen LogP contribution in [0, 0.1) is 17.0 Å². The van der Waals surface area contributed by atoms with Crippen molar-refractivity contribution in [2.24, 2.45) is 0 Å². The van der Waals surface area contributed by atoms with Crippen molar-refractivity contribution < 1.29 is 18.9 Å². The Hall–Kier alpha value is -4.09. The normalized spacial score (nSPS) is 11.1. The second-order valence-corrected chi connectivity index (χ2v) is 8.60. The SMILES string of the molecule is Cc1nn(-c2ccccc2Cl)c2sc(C(=O)OCc3nnc(-c4ccc([N+](=O)[O-])cc4)o3)cc12. The van der Waals surface area contributed by atoms with Crippen LogP contribution in [0.2, 0.25) is 5.02 Å². The number of nitro benzene ring substituents is 1. The van der Waals surface area contributed by atoms with Crippen LogP contribution in [0.4, 0.5) is 5.69 Å². The molecule has 0 bridgehead atoms. The largest absolute Gasteiger partial charge is 0.451 e. The van der Waals surface area contributed by atoms with Crippen LogP contribution >= 0.6 is 22.9 Å². The number of ether oxygens (including phenoxy) is 1. The number of aryl methyl sites for hydroxylation is 1. The number of benzene rings is 2. The first-order valence-corrected chi connectivity index (χ1v) is 11.1. The summed E-state index contributed by atoms with van der Waals surface area (Å²) >= 11 is 7.56. The first kappa shape index (κ1) is 21.7. The molecule has 0 saturated heterocycles. The number of hydrogen-bond donors (Lipinski definition) is 0. The Kier molecular flexibility index (Phi) is 5.56. The number of aromatic nitrogens is 4. The smallest absolute Gasteiger partial charge is 0.348 e. The number of fused-ring (bicyclic) bond motifs is 1. The maximum atomic E-state index is 12.7. The lowest BCUT2D eigenvalue weighted by molar-refractivity contribution is -0.384. The average Bonchev–Trinajstić information content (AvgIpc) is 3.55. The number of rotatable bonds is 6. The molecule has 2 aromatic carbocycles. The molecule has 0 radical (unpaired) electrons. The summed E-state index contributed by atoms with van der Waals surface area (Å²) in [4.78, 5) is 24.1. The molecule has 34 heavy (non-hydrogen) atoms. The lowest BCUT2D eigenvalue weighted by atomic mass is 10.2. The summed E-state index contributed by atoms with van der Waals surface area (Å²) in [5.41, 5.74) is 1.94. The minimum atomic E-state index is -0.540. The Labute approximate surface area is 200 Å². The highest BCUT2D eigenvalue weighted by atomic mass is 35.5. The Bertz CT molecular complexity index is 1540. The third-order valence-corrected chi connectivity index (χ3v) is 6.36.